The smallest absolute Gasteiger partial charge is 0.304 e. The largest absolute Gasteiger partial charge is 0.481 e. The molecule has 1 aromatic carbocycles. The Morgan fingerprint density at radius 2 is 2.33 bits per heavy atom. The molecule has 1 aliphatic heterocycles. The van der Waals surface area contributed by atoms with E-state index in [4.69, 9.17) is 5.11 Å². The summed E-state index contributed by atoms with van der Waals surface area (Å²) in [6.45, 7) is 0.604. The highest BCUT2D eigenvalue weighted by Crippen LogP contribution is 2.28. The van der Waals surface area contributed by atoms with Crippen molar-refractivity contribution in [2.75, 3.05) is 18.9 Å². The zero-order valence-electron chi connectivity index (χ0n) is 10.2. The van der Waals surface area contributed by atoms with E-state index in [1.807, 2.05) is 18.2 Å². The van der Waals surface area contributed by atoms with Crippen LogP contribution < -0.4 is 10.6 Å². The lowest BCUT2D eigenvalue weighted by atomic mass is 9.93. The van der Waals surface area contributed by atoms with E-state index in [0.717, 1.165) is 16.8 Å². The van der Waals surface area contributed by atoms with Crippen LogP contribution in [0.4, 0.5) is 5.69 Å². The highest BCUT2D eigenvalue weighted by atomic mass is 16.4. The molecule has 5 nitrogen and oxygen atoms in total. The molecule has 1 atom stereocenters. The average molecular weight is 248 g/mol. The molecule has 0 aromatic heterocycles. The number of nitrogens with one attached hydrogen (secondary N) is 2. The second-order valence-electron chi connectivity index (χ2n) is 4.49. The first-order chi connectivity index (χ1) is 8.60. The third-order valence-corrected chi connectivity index (χ3v) is 3.10. The maximum atomic E-state index is 11.3. The fourth-order valence-electron chi connectivity index (χ4n) is 2.27. The lowest BCUT2D eigenvalue weighted by molar-refractivity contribution is -0.137. The number of aliphatic carboxylic acids is 1. The number of carbonyl (C=O) groups is 2. The van der Waals surface area contributed by atoms with Crippen molar-refractivity contribution in [2.24, 2.45) is 0 Å². The van der Waals surface area contributed by atoms with E-state index in [2.05, 4.69) is 10.6 Å². The van der Waals surface area contributed by atoms with Crippen molar-refractivity contribution in [3.63, 3.8) is 0 Å². The molecule has 0 aliphatic carbocycles. The summed E-state index contributed by atoms with van der Waals surface area (Å²) in [5, 5.41) is 14.7. The van der Waals surface area contributed by atoms with Crippen LogP contribution in [0, 0.1) is 0 Å². The Bertz CT molecular complexity index is 485. The first-order valence-electron chi connectivity index (χ1n) is 5.89. The topological polar surface area (TPSA) is 78.4 Å². The molecular formula is C13H16N2O3. The van der Waals surface area contributed by atoms with Gasteiger partial charge in [0.2, 0.25) is 5.91 Å². The fraction of sp³-hybridized carbons (Fsp3) is 0.385. The maximum Gasteiger partial charge on any atom is 0.304 e. The van der Waals surface area contributed by atoms with E-state index in [1.165, 1.54) is 0 Å². The van der Waals surface area contributed by atoms with Crippen LogP contribution in [0.3, 0.4) is 0 Å². The molecule has 3 N–H and O–H groups in total. The molecule has 0 saturated heterocycles. The number of hydrogen-bond donors (Lipinski definition) is 3. The fourth-order valence-corrected chi connectivity index (χ4v) is 2.27. The van der Waals surface area contributed by atoms with Gasteiger partial charge in [-0.3, -0.25) is 9.59 Å². The number of rotatable bonds is 5. The van der Waals surface area contributed by atoms with Gasteiger partial charge >= 0.3 is 5.97 Å². The van der Waals surface area contributed by atoms with Gasteiger partial charge in [0, 0.05) is 18.2 Å². The normalized spacial score (nSPS) is 15.1. The van der Waals surface area contributed by atoms with Crippen LogP contribution in [0.1, 0.15) is 23.5 Å². The minimum absolute atomic E-state index is 0.00875. The lowest BCUT2D eigenvalue weighted by Crippen LogP contribution is -2.20. The molecule has 1 unspecified atom stereocenters. The molecule has 1 heterocycles. The zero-order chi connectivity index (χ0) is 13.1. The summed E-state index contributed by atoms with van der Waals surface area (Å²) in [6, 6.07) is 5.66. The van der Waals surface area contributed by atoms with Gasteiger partial charge in [0.25, 0.3) is 0 Å². The summed E-state index contributed by atoms with van der Waals surface area (Å²) < 4.78 is 0. The van der Waals surface area contributed by atoms with Gasteiger partial charge in [-0.2, -0.15) is 0 Å². The van der Waals surface area contributed by atoms with Gasteiger partial charge in [-0.1, -0.05) is 12.1 Å². The van der Waals surface area contributed by atoms with Crippen LogP contribution in [0.5, 0.6) is 0 Å². The summed E-state index contributed by atoms with van der Waals surface area (Å²) >= 11 is 0. The number of carboxylic acid groups (broad SMARTS) is 1. The van der Waals surface area contributed by atoms with E-state index in [9.17, 15) is 9.59 Å². The Morgan fingerprint density at radius 3 is 3.00 bits per heavy atom. The van der Waals surface area contributed by atoms with E-state index in [0.29, 0.717) is 13.0 Å². The maximum absolute atomic E-state index is 11.3. The molecule has 0 saturated carbocycles. The predicted molar refractivity (Wildman–Crippen MR) is 67.7 cm³/mol. The zero-order valence-corrected chi connectivity index (χ0v) is 10.2. The van der Waals surface area contributed by atoms with Crippen LogP contribution in [0.25, 0.3) is 0 Å². The molecule has 0 radical (unpaired) electrons. The molecule has 2 rings (SSSR count). The number of fused-ring (bicyclic) bond motifs is 1. The molecule has 0 bridgehead atoms. The Labute approximate surface area is 105 Å². The predicted octanol–water partition coefficient (Wildman–Crippen LogP) is 0.959. The van der Waals surface area contributed by atoms with Crippen molar-refractivity contribution in [3.05, 3.63) is 29.3 Å². The van der Waals surface area contributed by atoms with Crippen molar-refractivity contribution in [1.82, 2.24) is 5.32 Å². The Balaban J connectivity index is 2.23. The van der Waals surface area contributed by atoms with E-state index in [-0.39, 0.29) is 18.2 Å². The van der Waals surface area contributed by atoms with Gasteiger partial charge < -0.3 is 15.7 Å². The first kappa shape index (κ1) is 12.6. The Kier molecular flexibility index (Phi) is 3.62. The van der Waals surface area contributed by atoms with E-state index < -0.39 is 5.97 Å². The van der Waals surface area contributed by atoms with Gasteiger partial charge in [-0.25, -0.2) is 0 Å². The molecule has 0 spiro atoms. The number of carbonyl (C=O) groups excluding carboxylic acids is 1. The van der Waals surface area contributed by atoms with Crippen LogP contribution in [-0.2, 0) is 16.0 Å². The summed E-state index contributed by atoms with van der Waals surface area (Å²) in [5.74, 6) is -0.899. The van der Waals surface area contributed by atoms with Gasteiger partial charge in [0.05, 0.1) is 12.8 Å². The average Bonchev–Trinajstić information content (AvgIpc) is 2.66. The van der Waals surface area contributed by atoms with Gasteiger partial charge in [0.15, 0.2) is 0 Å². The van der Waals surface area contributed by atoms with Crippen molar-refractivity contribution in [1.29, 1.82) is 0 Å². The summed E-state index contributed by atoms with van der Waals surface area (Å²) in [7, 11) is 1.80. The molecule has 5 heteroatoms. The number of benzene rings is 1. The van der Waals surface area contributed by atoms with Crippen LogP contribution in [-0.4, -0.2) is 30.6 Å². The SMILES string of the molecule is CNCC(CC(=O)O)c1ccc2c(c1)CC(=O)N2. The minimum Gasteiger partial charge on any atom is -0.481 e. The molecule has 1 amide bonds. The second-order valence-corrected chi connectivity index (χ2v) is 4.49. The van der Waals surface area contributed by atoms with Crippen molar-refractivity contribution in [3.8, 4) is 0 Å². The quantitative estimate of drug-likeness (QED) is 0.725. The second kappa shape index (κ2) is 5.18. The van der Waals surface area contributed by atoms with E-state index >= 15 is 0 Å². The van der Waals surface area contributed by atoms with Gasteiger partial charge in [-0.15, -0.1) is 0 Å². The van der Waals surface area contributed by atoms with E-state index in [1.54, 1.807) is 7.05 Å². The summed E-state index contributed by atoms with van der Waals surface area (Å²) in [6.07, 6.45) is 0.462. The summed E-state index contributed by atoms with van der Waals surface area (Å²) in [4.78, 5) is 22.1. The molecule has 1 aromatic rings. The number of hydrogen-bond acceptors (Lipinski definition) is 3. The van der Waals surface area contributed by atoms with Gasteiger partial charge in [-0.05, 0) is 24.2 Å². The summed E-state index contributed by atoms with van der Waals surface area (Å²) in [5.41, 5.74) is 2.74. The minimum atomic E-state index is -0.815. The standard InChI is InChI=1S/C13H16N2O3/c1-14-7-10(6-13(17)18)8-2-3-11-9(4-8)5-12(16)15-11/h2-4,10,14H,5-7H2,1H3,(H,15,16)(H,17,18). The number of anilines is 1. The number of carboxylic acids is 1. The van der Waals surface area contributed by atoms with Crippen molar-refractivity contribution >= 4 is 17.6 Å². The molecular weight excluding hydrogens is 232 g/mol. The molecule has 0 fully saturated rings. The third-order valence-electron chi connectivity index (χ3n) is 3.10. The molecule has 96 valence electrons. The monoisotopic (exact) mass is 248 g/mol. The van der Waals surface area contributed by atoms with Crippen molar-refractivity contribution in [2.45, 2.75) is 18.8 Å². The first-order valence-corrected chi connectivity index (χ1v) is 5.89. The third kappa shape index (κ3) is 2.68. The van der Waals surface area contributed by atoms with Gasteiger partial charge in [0.1, 0.15) is 0 Å². The highest BCUT2D eigenvalue weighted by molar-refractivity contribution is 5.99. The molecule has 1 aliphatic rings. The number of amides is 1. The number of likely N-dealkylation sites (N-methyl/N-ethyl adjacent to an activating group) is 1. The Hall–Kier alpha value is -1.88. The van der Waals surface area contributed by atoms with Crippen molar-refractivity contribution < 1.29 is 14.7 Å². The van der Waals surface area contributed by atoms with Crippen LogP contribution >= 0.6 is 0 Å². The highest BCUT2D eigenvalue weighted by Gasteiger charge is 2.21. The Morgan fingerprint density at radius 1 is 1.56 bits per heavy atom. The lowest BCUT2D eigenvalue weighted by Gasteiger charge is -2.15. The van der Waals surface area contributed by atoms with Crippen LogP contribution in [0.15, 0.2) is 18.2 Å². The molecule has 18 heavy (non-hydrogen) atoms. The van der Waals surface area contributed by atoms with Crippen LogP contribution in [0.2, 0.25) is 0 Å².